The molecule has 0 radical (unpaired) electrons. The van der Waals surface area contributed by atoms with Crippen LogP contribution < -0.4 is 5.32 Å². The Labute approximate surface area is 162 Å². The molecule has 2 amide bonds. The van der Waals surface area contributed by atoms with Crippen molar-refractivity contribution in [2.75, 3.05) is 38.5 Å². The van der Waals surface area contributed by atoms with Gasteiger partial charge in [-0.3, -0.25) is 14.6 Å². The summed E-state index contributed by atoms with van der Waals surface area (Å²) in [5.74, 6) is -1.47. The molecule has 0 spiro atoms. The number of pyridine rings is 1. The van der Waals surface area contributed by atoms with Crippen molar-refractivity contribution in [3.63, 3.8) is 0 Å². The standard InChI is InChI=1S/C20H22N4O4/c1-23-7-9-24(10-8-23)18(25)12-14-3-2-4-16(11-14)22-19(26)17-6-5-15(13-21-17)20(27)28/h2-6,11,13H,7-10,12H2,1H3,(H,22,26)(H,27,28). The van der Waals surface area contributed by atoms with Gasteiger partial charge in [-0.1, -0.05) is 12.1 Å². The number of amides is 2. The van der Waals surface area contributed by atoms with Crippen LogP contribution in [-0.4, -0.2) is 70.9 Å². The van der Waals surface area contributed by atoms with E-state index in [0.717, 1.165) is 37.9 Å². The molecule has 0 aliphatic carbocycles. The lowest BCUT2D eigenvalue weighted by Crippen LogP contribution is -2.47. The maximum atomic E-state index is 12.5. The summed E-state index contributed by atoms with van der Waals surface area (Å²) in [5.41, 5.74) is 1.50. The normalized spacial score (nSPS) is 14.5. The van der Waals surface area contributed by atoms with Gasteiger partial charge in [0.2, 0.25) is 5.91 Å². The Balaban J connectivity index is 1.62. The van der Waals surface area contributed by atoms with E-state index >= 15 is 0 Å². The molecule has 8 nitrogen and oxygen atoms in total. The summed E-state index contributed by atoms with van der Waals surface area (Å²) in [6.45, 7) is 3.19. The van der Waals surface area contributed by atoms with Crippen molar-refractivity contribution < 1.29 is 19.5 Å². The van der Waals surface area contributed by atoms with Crippen LogP contribution in [0.4, 0.5) is 5.69 Å². The van der Waals surface area contributed by atoms with E-state index in [1.807, 2.05) is 18.0 Å². The molecule has 2 heterocycles. The van der Waals surface area contributed by atoms with Crippen LogP contribution in [0.3, 0.4) is 0 Å². The minimum absolute atomic E-state index is 0.0148. The minimum atomic E-state index is -1.10. The molecule has 1 aromatic heterocycles. The Morgan fingerprint density at radius 3 is 2.50 bits per heavy atom. The number of rotatable bonds is 5. The lowest BCUT2D eigenvalue weighted by molar-refractivity contribution is -0.132. The molecule has 1 aromatic carbocycles. The van der Waals surface area contributed by atoms with Gasteiger partial charge in [0.1, 0.15) is 5.69 Å². The van der Waals surface area contributed by atoms with Crippen LogP contribution in [0, 0.1) is 0 Å². The number of carbonyl (C=O) groups excluding carboxylic acids is 2. The van der Waals surface area contributed by atoms with Crippen LogP contribution in [0.25, 0.3) is 0 Å². The molecule has 1 saturated heterocycles. The highest BCUT2D eigenvalue weighted by molar-refractivity contribution is 6.03. The summed E-state index contributed by atoms with van der Waals surface area (Å²) in [5, 5.41) is 11.6. The van der Waals surface area contributed by atoms with Gasteiger partial charge in [0.25, 0.3) is 5.91 Å². The number of likely N-dealkylation sites (N-methyl/N-ethyl adjacent to an activating group) is 1. The molecule has 3 rings (SSSR count). The zero-order chi connectivity index (χ0) is 20.1. The van der Waals surface area contributed by atoms with Gasteiger partial charge < -0.3 is 20.2 Å². The molecule has 0 atom stereocenters. The van der Waals surface area contributed by atoms with Crippen LogP contribution in [0.5, 0.6) is 0 Å². The fourth-order valence-corrected chi connectivity index (χ4v) is 2.95. The van der Waals surface area contributed by atoms with Gasteiger partial charge in [-0.2, -0.15) is 0 Å². The molecular weight excluding hydrogens is 360 g/mol. The first-order chi connectivity index (χ1) is 13.4. The number of nitrogens with one attached hydrogen (secondary N) is 1. The fourth-order valence-electron chi connectivity index (χ4n) is 2.95. The first kappa shape index (κ1) is 19.5. The number of hydrogen-bond acceptors (Lipinski definition) is 5. The fraction of sp³-hybridized carbons (Fsp3) is 0.300. The Morgan fingerprint density at radius 2 is 1.86 bits per heavy atom. The second kappa shape index (κ2) is 8.62. The Kier molecular flexibility index (Phi) is 6.00. The average molecular weight is 382 g/mol. The molecule has 0 bridgehead atoms. The van der Waals surface area contributed by atoms with E-state index in [4.69, 9.17) is 5.11 Å². The predicted octanol–water partition coefficient (Wildman–Crippen LogP) is 1.35. The number of piperazine rings is 1. The molecular formula is C20H22N4O4. The van der Waals surface area contributed by atoms with E-state index in [9.17, 15) is 14.4 Å². The molecule has 1 fully saturated rings. The molecule has 0 unspecified atom stereocenters. The van der Waals surface area contributed by atoms with Crippen molar-refractivity contribution in [1.29, 1.82) is 0 Å². The maximum absolute atomic E-state index is 12.5. The van der Waals surface area contributed by atoms with E-state index in [1.165, 1.54) is 12.1 Å². The quantitative estimate of drug-likeness (QED) is 0.809. The summed E-state index contributed by atoms with van der Waals surface area (Å²) in [6.07, 6.45) is 1.42. The summed E-state index contributed by atoms with van der Waals surface area (Å²) >= 11 is 0. The van der Waals surface area contributed by atoms with Crippen LogP contribution in [0.15, 0.2) is 42.6 Å². The summed E-state index contributed by atoms with van der Waals surface area (Å²) in [7, 11) is 2.04. The Morgan fingerprint density at radius 1 is 1.11 bits per heavy atom. The number of nitrogens with zero attached hydrogens (tertiary/aromatic N) is 3. The van der Waals surface area contributed by atoms with Crippen molar-refractivity contribution in [3.05, 3.63) is 59.4 Å². The van der Waals surface area contributed by atoms with Gasteiger partial charge in [-0.05, 0) is 36.9 Å². The van der Waals surface area contributed by atoms with Crippen molar-refractivity contribution in [2.45, 2.75) is 6.42 Å². The van der Waals surface area contributed by atoms with Gasteiger partial charge in [0.05, 0.1) is 12.0 Å². The zero-order valence-electron chi connectivity index (χ0n) is 15.6. The van der Waals surface area contributed by atoms with Crippen molar-refractivity contribution in [3.8, 4) is 0 Å². The first-order valence-corrected chi connectivity index (χ1v) is 8.98. The SMILES string of the molecule is CN1CCN(C(=O)Cc2cccc(NC(=O)c3ccc(C(=O)O)cn3)c2)CC1. The summed E-state index contributed by atoms with van der Waals surface area (Å²) in [6, 6.07) is 9.81. The number of carboxylic acids is 1. The molecule has 146 valence electrons. The van der Waals surface area contributed by atoms with Gasteiger partial charge in [-0.25, -0.2) is 4.79 Å². The van der Waals surface area contributed by atoms with E-state index in [2.05, 4.69) is 15.2 Å². The molecule has 2 aromatic rings. The number of carboxylic acid groups (broad SMARTS) is 1. The van der Waals surface area contributed by atoms with Crippen molar-refractivity contribution in [1.82, 2.24) is 14.8 Å². The van der Waals surface area contributed by atoms with E-state index < -0.39 is 11.9 Å². The predicted molar refractivity (Wildman–Crippen MR) is 103 cm³/mol. The van der Waals surface area contributed by atoms with Crippen LogP contribution >= 0.6 is 0 Å². The van der Waals surface area contributed by atoms with Crippen LogP contribution in [0.1, 0.15) is 26.4 Å². The molecule has 1 aliphatic rings. The highest BCUT2D eigenvalue weighted by Gasteiger charge is 2.19. The second-order valence-corrected chi connectivity index (χ2v) is 6.75. The average Bonchev–Trinajstić information content (AvgIpc) is 2.68. The largest absolute Gasteiger partial charge is 0.478 e. The van der Waals surface area contributed by atoms with Gasteiger partial charge >= 0.3 is 5.97 Å². The third-order valence-corrected chi connectivity index (χ3v) is 4.64. The van der Waals surface area contributed by atoms with E-state index in [0.29, 0.717) is 5.69 Å². The van der Waals surface area contributed by atoms with Gasteiger partial charge in [0, 0.05) is 38.1 Å². The molecule has 28 heavy (non-hydrogen) atoms. The smallest absolute Gasteiger partial charge is 0.337 e. The number of benzene rings is 1. The van der Waals surface area contributed by atoms with Crippen molar-refractivity contribution >= 4 is 23.5 Å². The number of anilines is 1. The van der Waals surface area contributed by atoms with Crippen LogP contribution in [0.2, 0.25) is 0 Å². The van der Waals surface area contributed by atoms with Gasteiger partial charge in [-0.15, -0.1) is 0 Å². The summed E-state index contributed by atoms with van der Waals surface area (Å²) < 4.78 is 0. The monoisotopic (exact) mass is 382 g/mol. The molecule has 2 N–H and O–H groups in total. The van der Waals surface area contributed by atoms with E-state index in [-0.39, 0.29) is 23.6 Å². The highest BCUT2D eigenvalue weighted by atomic mass is 16.4. The Bertz CT molecular complexity index is 874. The van der Waals surface area contributed by atoms with Gasteiger partial charge in [0.15, 0.2) is 0 Å². The topological polar surface area (TPSA) is 103 Å². The third-order valence-electron chi connectivity index (χ3n) is 4.64. The van der Waals surface area contributed by atoms with E-state index in [1.54, 1.807) is 18.2 Å². The maximum Gasteiger partial charge on any atom is 0.337 e. The van der Waals surface area contributed by atoms with Crippen molar-refractivity contribution in [2.24, 2.45) is 0 Å². The minimum Gasteiger partial charge on any atom is -0.478 e. The number of aromatic nitrogens is 1. The summed E-state index contributed by atoms with van der Waals surface area (Å²) in [4.78, 5) is 43.6. The lowest BCUT2D eigenvalue weighted by atomic mass is 10.1. The lowest BCUT2D eigenvalue weighted by Gasteiger charge is -2.32. The highest BCUT2D eigenvalue weighted by Crippen LogP contribution is 2.14. The number of aromatic carboxylic acids is 1. The molecule has 1 aliphatic heterocycles. The second-order valence-electron chi connectivity index (χ2n) is 6.75. The third kappa shape index (κ3) is 4.92. The Hall–Kier alpha value is -3.26. The molecule has 8 heteroatoms. The van der Waals surface area contributed by atoms with Crippen LogP contribution in [-0.2, 0) is 11.2 Å². The number of hydrogen-bond donors (Lipinski definition) is 2. The number of carbonyl (C=O) groups is 3. The molecule has 0 saturated carbocycles. The zero-order valence-corrected chi connectivity index (χ0v) is 15.6. The first-order valence-electron chi connectivity index (χ1n) is 8.98.